The number of amides is 1. The quantitative estimate of drug-likeness (QED) is 0.905. The molecular formula is C18H30N4OS. The number of thiazole rings is 1. The van der Waals surface area contributed by atoms with Gasteiger partial charge in [0.15, 0.2) is 0 Å². The third-order valence-corrected chi connectivity index (χ3v) is 6.45. The highest BCUT2D eigenvalue weighted by Gasteiger charge is 2.35. The molecule has 24 heavy (non-hydrogen) atoms. The van der Waals surface area contributed by atoms with E-state index in [1.54, 1.807) is 11.3 Å². The van der Waals surface area contributed by atoms with E-state index in [-0.39, 0.29) is 12.0 Å². The molecule has 0 spiro atoms. The minimum absolute atomic E-state index is 0.178. The molecule has 0 bridgehead atoms. The Kier molecular flexibility index (Phi) is 5.89. The smallest absolute Gasteiger partial charge is 0.226 e. The van der Waals surface area contributed by atoms with Gasteiger partial charge in [-0.1, -0.05) is 6.92 Å². The summed E-state index contributed by atoms with van der Waals surface area (Å²) in [6, 6.07) is 0.238. The van der Waals surface area contributed by atoms with Crippen LogP contribution in [-0.2, 0) is 11.3 Å². The van der Waals surface area contributed by atoms with Crippen LogP contribution in [-0.4, -0.2) is 52.9 Å². The maximum atomic E-state index is 13.0. The first-order valence-electron chi connectivity index (χ1n) is 9.22. The first-order valence-corrected chi connectivity index (χ1v) is 10.1. The highest BCUT2D eigenvalue weighted by Crippen LogP contribution is 2.28. The monoisotopic (exact) mass is 350 g/mol. The number of aryl methyl sites for hydroxylation is 1. The van der Waals surface area contributed by atoms with Gasteiger partial charge >= 0.3 is 0 Å². The van der Waals surface area contributed by atoms with E-state index >= 15 is 0 Å². The van der Waals surface area contributed by atoms with Gasteiger partial charge in [0.1, 0.15) is 0 Å². The summed E-state index contributed by atoms with van der Waals surface area (Å²) < 4.78 is 0. The minimum atomic E-state index is 0.178. The summed E-state index contributed by atoms with van der Waals surface area (Å²) in [6.07, 6.45) is 4.23. The number of likely N-dealkylation sites (tertiary alicyclic amines) is 2. The number of rotatable bonds is 4. The van der Waals surface area contributed by atoms with Gasteiger partial charge in [0.2, 0.25) is 5.91 Å². The van der Waals surface area contributed by atoms with Crippen molar-refractivity contribution in [2.24, 2.45) is 17.6 Å². The standard InChI is InChI=1S/C18H30N4OS/c1-13-4-3-7-22(17(13)10-19)18(23)15-5-8-21(9-6-15)11-16-12-24-14(2)20-16/h12-13,15,17H,3-11,19H2,1-2H3/t13-,17+/m1/s1. The molecular weight excluding hydrogens is 320 g/mol. The molecule has 134 valence electrons. The van der Waals surface area contributed by atoms with Crippen LogP contribution < -0.4 is 5.73 Å². The zero-order valence-corrected chi connectivity index (χ0v) is 15.7. The predicted octanol–water partition coefficient (Wildman–Crippen LogP) is 2.25. The van der Waals surface area contributed by atoms with Crippen molar-refractivity contribution in [2.75, 3.05) is 26.2 Å². The van der Waals surface area contributed by atoms with E-state index in [0.717, 1.165) is 56.1 Å². The molecule has 3 heterocycles. The second-order valence-corrected chi connectivity index (χ2v) is 8.42. The van der Waals surface area contributed by atoms with Crippen LogP contribution in [0.25, 0.3) is 0 Å². The summed E-state index contributed by atoms with van der Waals surface area (Å²) >= 11 is 1.71. The number of hydrogen-bond donors (Lipinski definition) is 1. The van der Waals surface area contributed by atoms with E-state index < -0.39 is 0 Å². The normalized spacial score (nSPS) is 26.7. The van der Waals surface area contributed by atoms with Crippen molar-refractivity contribution in [1.82, 2.24) is 14.8 Å². The van der Waals surface area contributed by atoms with Gasteiger partial charge in [-0.15, -0.1) is 11.3 Å². The topological polar surface area (TPSA) is 62.5 Å². The van der Waals surface area contributed by atoms with Crippen LogP contribution >= 0.6 is 11.3 Å². The number of piperidine rings is 2. The predicted molar refractivity (Wildman–Crippen MR) is 97.8 cm³/mol. The Morgan fingerprint density at radius 3 is 2.71 bits per heavy atom. The second kappa shape index (κ2) is 7.93. The SMILES string of the molecule is Cc1nc(CN2CCC(C(=O)N3CCC[C@@H](C)[C@@H]3CN)CC2)cs1. The maximum Gasteiger partial charge on any atom is 0.226 e. The zero-order chi connectivity index (χ0) is 17.1. The van der Waals surface area contributed by atoms with E-state index in [1.165, 1.54) is 6.42 Å². The third kappa shape index (κ3) is 3.98. The van der Waals surface area contributed by atoms with E-state index in [2.05, 4.69) is 27.1 Å². The van der Waals surface area contributed by atoms with Gasteiger partial charge in [-0.25, -0.2) is 4.98 Å². The molecule has 2 fully saturated rings. The van der Waals surface area contributed by atoms with E-state index in [4.69, 9.17) is 5.73 Å². The Morgan fingerprint density at radius 1 is 1.33 bits per heavy atom. The molecule has 5 nitrogen and oxygen atoms in total. The molecule has 2 aliphatic heterocycles. The Balaban J connectivity index is 1.53. The Morgan fingerprint density at radius 2 is 2.08 bits per heavy atom. The average Bonchev–Trinajstić information content (AvgIpc) is 2.99. The number of nitrogens with two attached hydrogens (primary N) is 1. The highest BCUT2D eigenvalue weighted by molar-refractivity contribution is 7.09. The lowest BCUT2D eigenvalue weighted by Crippen LogP contribution is -2.54. The fourth-order valence-corrected chi connectivity index (χ4v) is 4.77. The molecule has 0 aromatic carbocycles. The summed E-state index contributed by atoms with van der Waals surface area (Å²) in [5.74, 6) is 1.06. The van der Waals surface area contributed by atoms with Gasteiger partial charge in [0.05, 0.1) is 10.7 Å². The van der Waals surface area contributed by atoms with E-state index in [9.17, 15) is 4.79 Å². The summed E-state index contributed by atoms with van der Waals surface area (Å²) in [5.41, 5.74) is 7.12. The van der Waals surface area contributed by atoms with Gasteiger partial charge in [-0.2, -0.15) is 0 Å². The zero-order valence-electron chi connectivity index (χ0n) is 14.9. The number of aromatic nitrogens is 1. The number of nitrogens with zero attached hydrogens (tertiary/aromatic N) is 3. The van der Waals surface area contributed by atoms with Gasteiger partial charge < -0.3 is 10.6 Å². The maximum absolute atomic E-state index is 13.0. The van der Waals surface area contributed by atoms with Crippen molar-refractivity contribution in [3.8, 4) is 0 Å². The largest absolute Gasteiger partial charge is 0.338 e. The summed E-state index contributed by atoms with van der Waals surface area (Å²) in [7, 11) is 0. The summed E-state index contributed by atoms with van der Waals surface area (Å²) in [6.45, 7) is 8.66. The van der Waals surface area contributed by atoms with Crippen LogP contribution in [0.1, 0.15) is 43.3 Å². The number of carbonyl (C=O) groups excluding carboxylic acids is 1. The summed E-state index contributed by atoms with van der Waals surface area (Å²) in [5, 5.41) is 3.27. The molecule has 1 aromatic heterocycles. The van der Waals surface area contributed by atoms with Crippen molar-refractivity contribution in [3.05, 3.63) is 16.1 Å². The van der Waals surface area contributed by atoms with E-state index in [1.807, 2.05) is 6.92 Å². The molecule has 2 atom stereocenters. The van der Waals surface area contributed by atoms with Crippen LogP contribution in [0.3, 0.4) is 0 Å². The van der Waals surface area contributed by atoms with Crippen LogP contribution in [0.15, 0.2) is 5.38 Å². The molecule has 6 heteroatoms. The van der Waals surface area contributed by atoms with Crippen LogP contribution in [0.4, 0.5) is 0 Å². The van der Waals surface area contributed by atoms with Crippen molar-refractivity contribution >= 4 is 17.2 Å². The lowest BCUT2D eigenvalue weighted by molar-refractivity contribution is -0.142. The molecule has 0 aliphatic carbocycles. The molecule has 2 N–H and O–H groups in total. The Labute approximate surface area is 149 Å². The second-order valence-electron chi connectivity index (χ2n) is 7.36. The lowest BCUT2D eigenvalue weighted by Gasteiger charge is -2.42. The molecule has 2 saturated heterocycles. The molecule has 2 aliphatic rings. The van der Waals surface area contributed by atoms with Gasteiger partial charge in [-0.05, 0) is 51.6 Å². The van der Waals surface area contributed by atoms with Crippen LogP contribution in [0.2, 0.25) is 0 Å². The van der Waals surface area contributed by atoms with Crippen molar-refractivity contribution in [1.29, 1.82) is 0 Å². The fraction of sp³-hybridized carbons (Fsp3) is 0.778. The van der Waals surface area contributed by atoms with Gasteiger partial charge in [0, 0.05) is 37.0 Å². The Hall–Kier alpha value is -0.980. The molecule has 1 aromatic rings. The van der Waals surface area contributed by atoms with Crippen molar-refractivity contribution in [2.45, 2.75) is 52.1 Å². The lowest BCUT2D eigenvalue weighted by atomic mass is 9.88. The van der Waals surface area contributed by atoms with E-state index in [0.29, 0.717) is 18.4 Å². The fourth-order valence-electron chi connectivity index (χ4n) is 4.16. The average molecular weight is 351 g/mol. The first-order chi connectivity index (χ1) is 11.6. The van der Waals surface area contributed by atoms with Crippen molar-refractivity contribution in [3.63, 3.8) is 0 Å². The first kappa shape index (κ1) is 17.8. The summed E-state index contributed by atoms with van der Waals surface area (Å²) in [4.78, 5) is 22.1. The van der Waals surface area contributed by atoms with Crippen molar-refractivity contribution < 1.29 is 4.79 Å². The molecule has 0 saturated carbocycles. The van der Waals surface area contributed by atoms with Gasteiger partial charge in [-0.3, -0.25) is 9.69 Å². The minimum Gasteiger partial charge on any atom is -0.338 e. The van der Waals surface area contributed by atoms with Gasteiger partial charge in [0.25, 0.3) is 0 Å². The Bertz CT molecular complexity index is 553. The number of hydrogen-bond acceptors (Lipinski definition) is 5. The highest BCUT2D eigenvalue weighted by atomic mass is 32.1. The number of carbonyl (C=O) groups is 1. The van der Waals surface area contributed by atoms with Crippen LogP contribution in [0.5, 0.6) is 0 Å². The molecule has 1 amide bonds. The third-order valence-electron chi connectivity index (χ3n) is 5.63. The molecule has 0 radical (unpaired) electrons. The molecule has 3 rings (SSSR count). The molecule has 0 unspecified atom stereocenters. The van der Waals surface area contributed by atoms with Crippen LogP contribution in [0, 0.1) is 18.8 Å².